The van der Waals surface area contributed by atoms with Crippen LogP contribution in [-0.2, 0) is 17.6 Å². The van der Waals surface area contributed by atoms with E-state index in [-0.39, 0.29) is 24.9 Å². The molecule has 0 aromatic heterocycles. The van der Waals surface area contributed by atoms with Gasteiger partial charge in [-0.25, -0.2) is 8.78 Å². The summed E-state index contributed by atoms with van der Waals surface area (Å²) in [6.45, 7) is 1.62. The maximum Gasteiger partial charge on any atom is 0.217 e. The fourth-order valence-electron chi connectivity index (χ4n) is 3.90. The molecule has 0 aliphatic heterocycles. The summed E-state index contributed by atoms with van der Waals surface area (Å²) in [6.07, 6.45) is 2.34. The Hall–Kier alpha value is -2.31. The van der Waals surface area contributed by atoms with Crippen LogP contribution in [0.4, 0.5) is 8.78 Å². The summed E-state index contributed by atoms with van der Waals surface area (Å²) in [7, 11) is 0. The Labute approximate surface area is 164 Å². The van der Waals surface area contributed by atoms with Crippen molar-refractivity contribution in [3.05, 3.63) is 70.8 Å². The lowest BCUT2D eigenvalue weighted by atomic mass is 9.87. The zero-order chi connectivity index (χ0) is 20.1. The third-order valence-corrected chi connectivity index (χ3v) is 5.17. The van der Waals surface area contributed by atoms with Crippen molar-refractivity contribution in [2.24, 2.45) is 0 Å². The third-order valence-electron chi connectivity index (χ3n) is 5.17. The summed E-state index contributed by atoms with van der Waals surface area (Å²) in [4.78, 5) is 11.6. The topological polar surface area (TPSA) is 61.4 Å². The molecule has 1 aliphatic rings. The number of benzene rings is 2. The lowest BCUT2D eigenvalue weighted by Gasteiger charge is -2.30. The van der Waals surface area contributed by atoms with Crippen molar-refractivity contribution in [2.45, 2.75) is 50.8 Å². The molecule has 1 aliphatic carbocycles. The van der Waals surface area contributed by atoms with E-state index in [1.165, 1.54) is 30.2 Å². The number of nitrogens with one attached hydrogen (secondary N) is 2. The molecule has 0 bridgehead atoms. The van der Waals surface area contributed by atoms with E-state index in [0.29, 0.717) is 5.56 Å². The minimum absolute atomic E-state index is 0.137. The molecule has 4 nitrogen and oxygen atoms in total. The summed E-state index contributed by atoms with van der Waals surface area (Å²) < 4.78 is 26.9. The van der Waals surface area contributed by atoms with Crippen LogP contribution in [0.2, 0.25) is 0 Å². The number of rotatable bonds is 7. The SMILES string of the molecule is CC(=O)NC(Cc1cc(F)cc(F)c1)C(O)CNC1CCCc2ccccc21. The average molecular weight is 388 g/mol. The predicted octanol–water partition coefficient (Wildman–Crippen LogP) is 3.04. The van der Waals surface area contributed by atoms with Crippen molar-refractivity contribution in [3.8, 4) is 0 Å². The first-order valence-electron chi connectivity index (χ1n) is 9.63. The van der Waals surface area contributed by atoms with Crippen molar-refractivity contribution >= 4 is 5.91 Å². The van der Waals surface area contributed by atoms with E-state index in [9.17, 15) is 18.7 Å². The maximum atomic E-state index is 13.5. The number of hydrogen-bond acceptors (Lipinski definition) is 3. The van der Waals surface area contributed by atoms with Gasteiger partial charge in [0.15, 0.2) is 0 Å². The number of carbonyl (C=O) groups excluding carboxylic acids is 1. The highest BCUT2D eigenvalue weighted by Gasteiger charge is 2.24. The molecule has 0 saturated carbocycles. The lowest BCUT2D eigenvalue weighted by molar-refractivity contribution is -0.120. The molecule has 3 unspecified atom stereocenters. The van der Waals surface area contributed by atoms with Gasteiger partial charge in [-0.15, -0.1) is 0 Å². The molecule has 6 heteroatoms. The quantitative estimate of drug-likeness (QED) is 0.683. The van der Waals surface area contributed by atoms with Crippen LogP contribution in [0.3, 0.4) is 0 Å². The maximum absolute atomic E-state index is 13.5. The number of amides is 1. The molecule has 3 atom stereocenters. The highest BCUT2D eigenvalue weighted by molar-refractivity contribution is 5.73. The van der Waals surface area contributed by atoms with Crippen molar-refractivity contribution < 1.29 is 18.7 Å². The van der Waals surface area contributed by atoms with Gasteiger partial charge in [0, 0.05) is 25.6 Å². The lowest BCUT2D eigenvalue weighted by Crippen LogP contribution is -2.48. The van der Waals surface area contributed by atoms with Gasteiger partial charge in [0.05, 0.1) is 12.1 Å². The predicted molar refractivity (Wildman–Crippen MR) is 104 cm³/mol. The zero-order valence-corrected chi connectivity index (χ0v) is 15.9. The molecule has 0 radical (unpaired) electrons. The van der Waals surface area contributed by atoms with Crippen LogP contribution >= 0.6 is 0 Å². The van der Waals surface area contributed by atoms with Crippen molar-refractivity contribution in [3.63, 3.8) is 0 Å². The fraction of sp³-hybridized carbons (Fsp3) is 0.409. The van der Waals surface area contributed by atoms with Gasteiger partial charge in [-0.3, -0.25) is 4.79 Å². The number of carbonyl (C=O) groups is 1. The van der Waals surface area contributed by atoms with Crippen LogP contribution < -0.4 is 10.6 Å². The van der Waals surface area contributed by atoms with E-state index in [1.54, 1.807) is 0 Å². The Balaban J connectivity index is 1.66. The summed E-state index contributed by atoms with van der Waals surface area (Å²) >= 11 is 0. The largest absolute Gasteiger partial charge is 0.390 e. The van der Waals surface area contributed by atoms with Crippen LogP contribution in [0.1, 0.15) is 42.5 Å². The molecule has 0 fully saturated rings. The summed E-state index contributed by atoms with van der Waals surface area (Å²) in [5, 5.41) is 16.8. The average Bonchev–Trinajstić information content (AvgIpc) is 2.64. The summed E-state index contributed by atoms with van der Waals surface area (Å²) in [6, 6.07) is 11.0. The highest BCUT2D eigenvalue weighted by atomic mass is 19.1. The van der Waals surface area contributed by atoms with Crippen molar-refractivity contribution in [1.82, 2.24) is 10.6 Å². The zero-order valence-electron chi connectivity index (χ0n) is 15.9. The van der Waals surface area contributed by atoms with E-state index in [2.05, 4.69) is 22.8 Å². The number of aliphatic hydroxyl groups is 1. The number of hydrogen-bond donors (Lipinski definition) is 3. The van der Waals surface area contributed by atoms with Crippen LogP contribution in [0.5, 0.6) is 0 Å². The molecule has 3 N–H and O–H groups in total. The second-order valence-electron chi connectivity index (χ2n) is 7.41. The van der Waals surface area contributed by atoms with Gasteiger partial charge in [0.25, 0.3) is 0 Å². The van der Waals surface area contributed by atoms with E-state index in [4.69, 9.17) is 0 Å². The molecular formula is C22H26F2N2O2. The fourth-order valence-corrected chi connectivity index (χ4v) is 3.90. The number of halogens is 2. The highest BCUT2D eigenvalue weighted by Crippen LogP contribution is 2.29. The Morgan fingerprint density at radius 3 is 2.64 bits per heavy atom. The third kappa shape index (κ3) is 5.36. The molecule has 0 heterocycles. The Morgan fingerprint density at radius 2 is 1.93 bits per heavy atom. The van der Waals surface area contributed by atoms with E-state index < -0.39 is 23.8 Å². The molecular weight excluding hydrogens is 362 g/mol. The Kier molecular flexibility index (Phi) is 6.75. The van der Waals surface area contributed by atoms with Gasteiger partial charge in [-0.2, -0.15) is 0 Å². The van der Waals surface area contributed by atoms with E-state index in [1.807, 2.05) is 12.1 Å². The van der Waals surface area contributed by atoms with Crippen molar-refractivity contribution in [1.29, 1.82) is 0 Å². The first-order chi connectivity index (χ1) is 13.4. The standard InChI is InChI=1S/C22H26F2N2O2/c1-14(27)26-21(11-15-9-17(23)12-18(24)10-15)22(28)13-25-20-8-4-6-16-5-2-3-7-19(16)20/h2-3,5,7,9-10,12,20-22,25,28H,4,6,8,11,13H2,1H3,(H,26,27). The van der Waals surface area contributed by atoms with Crippen LogP contribution in [-0.4, -0.2) is 29.7 Å². The van der Waals surface area contributed by atoms with Crippen LogP contribution in [0.25, 0.3) is 0 Å². The Morgan fingerprint density at radius 1 is 1.21 bits per heavy atom. The van der Waals surface area contributed by atoms with Crippen LogP contribution in [0, 0.1) is 11.6 Å². The second-order valence-corrected chi connectivity index (χ2v) is 7.41. The molecule has 1 amide bonds. The van der Waals surface area contributed by atoms with Gasteiger partial charge in [-0.05, 0) is 54.5 Å². The van der Waals surface area contributed by atoms with Gasteiger partial charge >= 0.3 is 0 Å². The van der Waals surface area contributed by atoms with E-state index in [0.717, 1.165) is 25.3 Å². The van der Waals surface area contributed by atoms with Crippen LogP contribution in [0.15, 0.2) is 42.5 Å². The number of fused-ring (bicyclic) bond motifs is 1. The minimum atomic E-state index is -0.899. The molecule has 0 spiro atoms. The number of aryl methyl sites for hydroxylation is 1. The van der Waals surface area contributed by atoms with Crippen molar-refractivity contribution in [2.75, 3.05) is 6.54 Å². The first-order valence-corrected chi connectivity index (χ1v) is 9.63. The summed E-state index contributed by atoms with van der Waals surface area (Å²) in [5.74, 6) is -1.66. The first kappa shape index (κ1) is 20.4. The van der Waals surface area contributed by atoms with E-state index >= 15 is 0 Å². The van der Waals surface area contributed by atoms with Gasteiger partial charge < -0.3 is 15.7 Å². The normalized spacial score (nSPS) is 18.2. The smallest absolute Gasteiger partial charge is 0.217 e. The van der Waals surface area contributed by atoms with Gasteiger partial charge in [-0.1, -0.05) is 24.3 Å². The molecule has 2 aromatic rings. The number of aliphatic hydroxyl groups excluding tert-OH is 1. The molecule has 0 saturated heterocycles. The minimum Gasteiger partial charge on any atom is -0.390 e. The monoisotopic (exact) mass is 388 g/mol. The second kappa shape index (κ2) is 9.26. The summed E-state index contributed by atoms with van der Waals surface area (Å²) in [5.41, 5.74) is 2.94. The van der Waals surface area contributed by atoms with Gasteiger partial charge in [0.2, 0.25) is 5.91 Å². The molecule has 28 heavy (non-hydrogen) atoms. The van der Waals surface area contributed by atoms with Gasteiger partial charge in [0.1, 0.15) is 11.6 Å². The molecule has 150 valence electrons. The molecule has 3 rings (SSSR count). The Bertz CT molecular complexity index is 808. The molecule has 2 aromatic carbocycles.